The Bertz CT molecular complexity index is 225. The maximum absolute atomic E-state index is 10.5. The lowest BCUT2D eigenvalue weighted by molar-refractivity contribution is -0.138. The van der Waals surface area contributed by atoms with Crippen molar-refractivity contribution in [3.8, 4) is 0 Å². The van der Waals surface area contributed by atoms with Crippen LogP contribution in [0.2, 0.25) is 0 Å². The topological polar surface area (TPSA) is 80.4 Å². The van der Waals surface area contributed by atoms with Crippen LogP contribution in [0.1, 0.15) is 19.3 Å². The first kappa shape index (κ1) is 10.4. The van der Waals surface area contributed by atoms with Gasteiger partial charge in [0.25, 0.3) is 0 Å². The number of carboxylic acids is 1. The van der Waals surface area contributed by atoms with Gasteiger partial charge in [0.05, 0.1) is 12.2 Å². The Morgan fingerprint density at radius 3 is 2.46 bits per heavy atom. The molecule has 1 aliphatic rings. The zero-order chi connectivity index (χ0) is 9.90. The van der Waals surface area contributed by atoms with Crippen molar-refractivity contribution in [2.75, 3.05) is 11.5 Å². The van der Waals surface area contributed by atoms with Gasteiger partial charge in [-0.2, -0.15) is 11.8 Å². The van der Waals surface area contributed by atoms with Gasteiger partial charge in [-0.1, -0.05) is 0 Å². The maximum Gasteiger partial charge on any atom is 0.303 e. The smallest absolute Gasteiger partial charge is 0.303 e. The summed E-state index contributed by atoms with van der Waals surface area (Å²) < 4.78 is 0. The summed E-state index contributed by atoms with van der Waals surface area (Å²) >= 11 is 1.43. The number of hydrogen-bond acceptors (Lipinski definition) is 3. The van der Waals surface area contributed by atoms with Crippen molar-refractivity contribution in [2.45, 2.75) is 19.3 Å². The lowest BCUT2D eigenvalue weighted by atomic mass is 10.1. The van der Waals surface area contributed by atoms with E-state index in [2.05, 4.69) is 0 Å². The van der Waals surface area contributed by atoms with Crippen LogP contribution in [0.25, 0.3) is 0 Å². The first-order valence-electron chi connectivity index (χ1n) is 4.12. The zero-order valence-corrected chi connectivity index (χ0v) is 8.10. The second-order valence-electron chi connectivity index (χ2n) is 3.53. The summed E-state index contributed by atoms with van der Waals surface area (Å²) in [5.74, 6) is -0.0582. The van der Waals surface area contributed by atoms with Crippen LogP contribution in [-0.2, 0) is 9.59 Å². The minimum absolute atomic E-state index is 0.0358. The highest BCUT2D eigenvalue weighted by molar-refractivity contribution is 7.99. The highest BCUT2D eigenvalue weighted by Gasteiger charge is 2.44. The molecule has 0 aromatic heterocycles. The summed E-state index contributed by atoms with van der Waals surface area (Å²) in [5.41, 5.74) is 4.93. The monoisotopic (exact) mass is 203 g/mol. The van der Waals surface area contributed by atoms with Gasteiger partial charge < -0.3 is 10.8 Å². The number of thioether (sulfide) groups is 1. The quantitative estimate of drug-likeness (QED) is 0.657. The van der Waals surface area contributed by atoms with Crippen molar-refractivity contribution in [1.29, 1.82) is 0 Å². The fourth-order valence-electron chi connectivity index (χ4n) is 1.24. The minimum Gasteiger partial charge on any atom is -0.481 e. The number of carboxylic acid groups (broad SMARTS) is 1. The Balaban J connectivity index is 2.20. The first-order valence-corrected chi connectivity index (χ1v) is 5.27. The minimum atomic E-state index is -0.753. The third-order valence-electron chi connectivity index (χ3n) is 2.14. The van der Waals surface area contributed by atoms with Crippen molar-refractivity contribution < 1.29 is 14.7 Å². The van der Waals surface area contributed by atoms with Crippen molar-refractivity contribution in [3.05, 3.63) is 0 Å². The molecule has 0 spiro atoms. The molecule has 0 atom stereocenters. The van der Waals surface area contributed by atoms with E-state index in [-0.39, 0.29) is 17.7 Å². The van der Waals surface area contributed by atoms with Gasteiger partial charge in [-0.05, 0) is 24.0 Å². The van der Waals surface area contributed by atoms with Crippen LogP contribution in [0.3, 0.4) is 0 Å². The summed E-state index contributed by atoms with van der Waals surface area (Å²) in [7, 11) is 0. The maximum atomic E-state index is 10.5. The average Bonchev–Trinajstić information content (AvgIpc) is 2.66. The SMILES string of the molecule is NC(=O)CSCC1(CC(=O)O)CC1. The van der Waals surface area contributed by atoms with E-state index >= 15 is 0 Å². The number of carbonyl (C=O) groups excluding carboxylic acids is 1. The van der Waals surface area contributed by atoms with Gasteiger partial charge in [0.2, 0.25) is 5.91 Å². The molecule has 3 N–H and O–H groups in total. The van der Waals surface area contributed by atoms with E-state index in [1.807, 2.05) is 0 Å². The van der Waals surface area contributed by atoms with E-state index in [1.165, 1.54) is 11.8 Å². The Kier molecular flexibility index (Phi) is 3.19. The molecule has 1 aliphatic carbocycles. The van der Waals surface area contributed by atoms with Crippen LogP contribution in [0.15, 0.2) is 0 Å². The zero-order valence-electron chi connectivity index (χ0n) is 7.28. The van der Waals surface area contributed by atoms with E-state index in [1.54, 1.807) is 0 Å². The molecule has 0 bridgehead atoms. The Hall–Kier alpha value is -0.710. The number of carbonyl (C=O) groups is 2. The molecule has 4 nitrogen and oxygen atoms in total. The average molecular weight is 203 g/mol. The van der Waals surface area contributed by atoms with E-state index in [9.17, 15) is 9.59 Å². The van der Waals surface area contributed by atoms with Crippen LogP contribution in [-0.4, -0.2) is 28.5 Å². The molecule has 74 valence electrons. The summed E-state index contributed by atoms with van der Waals surface area (Å²) in [6, 6.07) is 0. The molecule has 13 heavy (non-hydrogen) atoms. The number of nitrogens with two attached hydrogens (primary N) is 1. The first-order chi connectivity index (χ1) is 6.04. The molecule has 1 amide bonds. The third kappa shape index (κ3) is 3.67. The number of amides is 1. The van der Waals surface area contributed by atoms with E-state index in [4.69, 9.17) is 10.8 Å². The molecule has 1 saturated carbocycles. The standard InChI is InChI=1S/C8H13NO3S/c9-6(10)4-13-5-8(1-2-8)3-7(11)12/h1-5H2,(H2,9,10)(H,11,12). The summed E-state index contributed by atoms with van der Waals surface area (Å²) in [5, 5.41) is 8.60. The molecule has 0 unspecified atom stereocenters. The number of hydrogen-bond donors (Lipinski definition) is 2. The van der Waals surface area contributed by atoms with E-state index in [0.717, 1.165) is 18.6 Å². The second-order valence-corrected chi connectivity index (χ2v) is 4.52. The molecule has 0 heterocycles. The van der Waals surface area contributed by atoms with Gasteiger partial charge in [0.15, 0.2) is 0 Å². The predicted molar refractivity (Wildman–Crippen MR) is 50.4 cm³/mol. The van der Waals surface area contributed by atoms with Crippen molar-refractivity contribution in [3.63, 3.8) is 0 Å². The van der Waals surface area contributed by atoms with Crippen molar-refractivity contribution >= 4 is 23.6 Å². The largest absolute Gasteiger partial charge is 0.481 e. The van der Waals surface area contributed by atoms with E-state index in [0.29, 0.717) is 5.75 Å². The highest BCUT2D eigenvalue weighted by Crippen LogP contribution is 2.50. The molecule has 0 radical (unpaired) electrons. The Labute approximate surface area is 80.9 Å². The number of primary amides is 1. The molecule has 1 rings (SSSR count). The molecular weight excluding hydrogens is 190 g/mol. The van der Waals surface area contributed by atoms with Gasteiger partial charge in [-0.3, -0.25) is 9.59 Å². The molecule has 0 saturated heterocycles. The molecular formula is C8H13NO3S. The van der Waals surface area contributed by atoms with Crippen molar-refractivity contribution in [2.24, 2.45) is 11.1 Å². The van der Waals surface area contributed by atoms with Gasteiger partial charge in [-0.25, -0.2) is 0 Å². The Morgan fingerprint density at radius 2 is 2.08 bits per heavy atom. The normalized spacial score (nSPS) is 18.2. The van der Waals surface area contributed by atoms with Crippen molar-refractivity contribution in [1.82, 2.24) is 0 Å². The summed E-state index contributed by atoms with van der Waals surface area (Å²) in [6.07, 6.45) is 2.15. The van der Waals surface area contributed by atoms with Crippen LogP contribution in [0, 0.1) is 5.41 Å². The predicted octanol–water partition coefficient (Wildman–Crippen LogP) is 0.460. The van der Waals surface area contributed by atoms with E-state index < -0.39 is 5.97 Å². The highest BCUT2D eigenvalue weighted by atomic mass is 32.2. The molecule has 5 heteroatoms. The van der Waals surface area contributed by atoms with Gasteiger partial charge in [-0.15, -0.1) is 0 Å². The fraction of sp³-hybridized carbons (Fsp3) is 0.750. The van der Waals surface area contributed by atoms with Crippen LogP contribution in [0.4, 0.5) is 0 Å². The molecule has 0 aromatic carbocycles. The third-order valence-corrected chi connectivity index (χ3v) is 3.44. The molecule has 1 fully saturated rings. The van der Waals surface area contributed by atoms with Crippen LogP contribution in [0.5, 0.6) is 0 Å². The Morgan fingerprint density at radius 1 is 1.46 bits per heavy atom. The van der Waals surface area contributed by atoms with Crippen LogP contribution >= 0.6 is 11.8 Å². The number of aliphatic carboxylic acids is 1. The molecule has 0 aliphatic heterocycles. The van der Waals surface area contributed by atoms with Gasteiger partial charge in [0, 0.05) is 0 Å². The summed E-state index contributed by atoms with van der Waals surface area (Å²) in [6.45, 7) is 0. The molecule has 0 aromatic rings. The number of rotatable bonds is 6. The van der Waals surface area contributed by atoms with Gasteiger partial charge in [0.1, 0.15) is 0 Å². The van der Waals surface area contributed by atoms with Crippen LogP contribution < -0.4 is 5.73 Å². The van der Waals surface area contributed by atoms with Gasteiger partial charge >= 0.3 is 5.97 Å². The fourth-order valence-corrected chi connectivity index (χ4v) is 2.36. The lowest BCUT2D eigenvalue weighted by Gasteiger charge is -2.10. The lowest BCUT2D eigenvalue weighted by Crippen LogP contribution is -2.16. The second kappa shape index (κ2) is 4.00. The summed E-state index contributed by atoms with van der Waals surface area (Å²) in [4.78, 5) is 20.9.